The van der Waals surface area contributed by atoms with E-state index in [1.165, 1.54) is 12.3 Å². The van der Waals surface area contributed by atoms with Crippen molar-refractivity contribution < 1.29 is 9.18 Å². The third kappa shape index (κ3) is 3.83. The first kappa shape index (κ1) is 14.1. The van der Waals surface area contributed by atoms with Gasteiger partial charge in [-0.25, -0.2) is 9.18 Å². The molecule has 0 saturated carbocycles. The Labute approximate surface area is 116 Å². The molecule has 1 saturated heterocycles. The lowest BCUT2D eigenvalue weighted by Gasteiger charge is -2.24. The Balaban J connectivity index is 2.00. The fourth-order valence-electron chi connectivity index (χ4n) is 2.15. The van der Waals surface area contributed by atoms with Crippen molar-refractivity contribution in [3.63, 3.8) is 0 Å². The van der Waals surface area contributed by atoms with Gasteiger partial charge in [0.2, 0.25) is 0 Å². The summed E-state index contributed by atoms with van der Waals surface area (Å²) in [7, 11) is 0. The van der Waals surface area contributed by atoms with Crippen molar-refractivity contribution >= 4 is 23.5 Å². The van der Waals surface area contributed by atoms with Crippen LogP contribution in [-0.4, -0.2) is 40.5 Å². The average molecular weight is 283 g/mol. The van der Waals surface area contributed by atoms with E-state index in [1.54, 1.807) is 16.7 Å². The van der Waals surface area contributed by atoms with E-state index in [0.717, 1.165) is 38.5 Å². The Hall–Kier alpha value is -1.30. The summed E-state index contributed by atoms with van der Waals surface area (Å²) in [5, 5.41) is 3.08. The van der Waals surface area contributed by atoms with Crippen molar-refractivity contribution in [2.24, 2.45) is 0 Å². The van der Waals surface area contributed by atoms with Gasteiger partial charge in [0.05, 0.1) is 11.9 Å². The zero-order chi connectivity index (χ0) is 13.7. The number of amides is 2. The second-order valence-electron chi connectivity index (χ2n) is 4.59. The molecular weight excluding hydrogens is 265 g/mol. The monoisotopic (exact) mass is 283 g/mol. The number of hydrogen-bond donors (Lipinski definition) is 1. The summed E-state index contributed by atoms with van der Waals surface area (Å²) in [5.74, 6) is -0.507. The SMILES string of the molecule is CS[C@@H]1CCCCN(C(=O)Nc2ccncc2F)C1. The number of nitrogens with one attached hydrogen (secondary N) is 1. The molecule has 19 heavy (non-hydrogen) atoms. The fraction of sp³-hybridized carbons (Fsp3) is 0.538. The molecule has 4 nitrogen and oxygen atoms in total. The molecule has 1 aliphatic rings. The predicted octanol–water partition coefficient (Wildman–Crippen LogP) is 2.97. The molecule has 104 valence electrons. The minimum absolute atomic E-state index is 0.185. The number of pyridine rings is 1. The molecule has 1 N–H and O–H groups in total. The molecule has 0 aliphatic carbocycles. The van der Waals surface area contributed by atoms with Crippen molar-refractivity contribution in [1.29, 1.82) is 0 Å². The predicted molar refractivity (Wildman–Crippen MR) is 75.9 cm³/mol. The van der Waals surface area contributed by atoms with Crippen LogP contribution in [0.4, 0.5) is 14.9 Å². The lowest BCUT2D eigenvalue weighted by atomic mass is 10.2. The summed E-state index contributed by atoms with van der Waals surface area (Å²) in [4.78, 5) is 17.6. The standard InChI is InChI=1S/C13H18FN3OS/c1-19-10-4-2-3-7-17(9-10)13(18)16-12-5-6-15-8-11(12)14/h5-6,8,10H,2-4,7,9H2,1H3,(H,15,16,18)/t10-/m1/s1. The van der Waals surface area contributed by atoms with Crippen LogP contribution in [-0.2, 0) is 0 Å². The van der Waals surface area contributed by atoms with E-state index >= 15 is 0 Å². The summed E-state index contributed by atoms with van der Waals surface area (Å²) in [6.07, 6.45) is 7.90. The van der Waals surface area contributed by atoms with E-state index in [0.29, 0.717) is 5.25 Å². The molecule has 1 aromatic heterocycles. The number of rotatable bonds is 2. The Bertz CT molecular complexity index is 444. The van der Waals surface area contributed by atoms with Crippen molar-refractivity contribution in [2.75, 3.05) is 24.7 Å². The molecule has 0 aromatic carbocycles. The zero-order valence-corrected chi connectivity index (χ0v) is 11.8. The van der Waals surface area contributed by atoms with E-state index in [1.807, 2.05) is 0 Å². The summed E-state index contributed by atoms with van der Waals surface area (Å²) < 4.78 is 13.4. The molecule has 0 bridgehead atoms. The molecule has 2 heterocycles. The summed E-state index contributed by atoms with van der Waals surface area (Å²) in [5.41, 5.74) is 0.185. The molecule has 6 heteroatoms. The molecular formula is C13H18FN3OS. The quantitative estimate of drug-likeness (QED) is 0.907. The Morgan fingerprint density at radius 1 is 1.58 bits per heavy atom. The second kappa shape index (κ2) is 6.75. The number of hydrogen-bond acceptors (Lipinski definition) is 3. The van der Waals surface area contributed by atoms with E-state index in [-0.39, 0.29) is 11.7 Å². The molecule has 0 spiro atoms. The number of thioether (sulfide) groups is 1. The maximum atomic E-state index is 13.4. The van der Waals surface area contributed by atoms with E-state index in [9.17, 15) is 9.18 Å². The molecule has 1 aliphatic heterocycles. The van der Waals surface area contributed by atoms with Gasteiger partial charge >= 0.3 is 6.03 Å². The van der Waals surface area contributed by atoms with Crippen LogP contribution in [0.3, 0.4) is 0 Å². The molecule has 0 unspecified atom stereocenters. The Morgan fingerprint density at radius 3 is 3.16 bits per heavy atom. The van der Waals surface area contributed by atoms with Crippen LogP contribution in [0.5, 0.6) is 0 Å². The fourth-order valence-corrected chi connectivity index (χ4v) is 2.88. The van der Waals surface area contributed by atoms with Crippen LogP contribution in [0.25, 0.3) is 0 Å². The van der Waals surface area contributed by atoms with Crippen LogP contribution < -0.4 is 5.32 Å². The first-order chi connectivity index (χ1) is 9.20. The normalized spacial score (nSPS) is 19.9. The van der Waals surface area contributed by atoms with E-state index in [4.69, 9.17) is 0 Å². The van der Waals surface area contributed by atoms with Gasteiger partial charge < -0.3 is 10.2 Å². The average Bonchev–Trinajstić information content (AvgIpc) is 2.66. The number of carbonyl (C=O) groups is 1. The number of likely N-dealkylation sites (tertiary alicyclic amines) is 1. The van der Waals surface area contributed by atoms with Gasteiger partial charge in [0, 0.05) is 24.5 Å². The highest BCUT2D eigenvalue weighted by molar-refractivity contribution is 7.99. The van der Waals surface area contributed by atoms with E-state index in [2.05, 4.69) is 16.6 Å². The third-order valence-electron chi connectivity index (χ3n) is 3.26. The molecule has 2 rings (SSSR count). The largest absolute Gasteiger partial charge is 0.323 e. The summed E-state index contributed by atoms with van der Waals surface area (Å²) >= 11 is 1.78. The van der Waals surface area contributed by atoms with Crippen LogP contribution in [0.1, 0.15) is 19.3 Å². The summed E-state index contributed by atoms with van der Waals surface area (Å²) in [6, 6.07) is 1.24. The van der Waals surface area contributed by atoms with Gasteiger partial charge in [-0.3, -0.25) is 4.98 Å². The van der Waals surface area contributed by atoms with Crippen LogP contribution in [0.2, 0.25) is 0 Å². The van der Waals surface area contributed by atoms with Crippen molar-refractivity contribution in [1.82, 2.24) is 9.88 Å². The maximum absolute atomic E-state index is 13.4. The lowest BCUT2D eigenvalue weighted by molar-refractivity contribution is 0.214. The highest BCUT2D eigenvalue weighted by Crippen LogP contribution is 2.21. The third-order valence-corrected chi connectivity index (χ3v) is 4.31. The highest BCUT2D eigenvalue weighted by Gasteiger charge is 2.21. The number of anilines is 1. The first-order valence-electron chi connectivity index (χ1n) is 6.39. The van der Waals surface area contributed by atoms with Crippen LogP contribution in [0, 0.1) is 5.82 Å². The zero-order valence-electron chi connectivity index (χ0n) is 10.9. The van der Waals surface area contributed by atoms with Crippen molar-refractivity contribution in [3.05, 3.63) is 24.3 Å². The minimum atomic E-state index is -0.507. The van der Waals surface area contributed by atoms with Gasteiger partial charge in [0.15, 0.2) is 5.82 Å². The molecule has 1 atom stereocenters. The minimum Gasteiger partial charge on any atom is -0.323 e. The van der Waals surface area contributed by atoms with Gasteiger partial charge in [0.1, 0.15) is 0 Å². The van der Waals surface area contributed by atoms with Gasteiger partial charge in [-0.15, -0.1) is 0 Å². The van der Waals surface area contributed by atoms with Gasteiger partial charge in [-0.1, -0.05) is 6.42 Å². The van der Waals surface area contributed by atoms with Gasteiger partial charge in [0.25, 0.3) is 0 Å². The van der Waals surface area contributed by atoms with Crippen molar-refractivity contribution in [2.45, 2.75) is 24.5 Å². The van der Waals surface area contributed by atoms with Gasteiger partial charge in [-0.2, -0.15) is 11.8 Å². The number of carbonyl (C=O) groups excluding carboxylic acids is 1. The number of urea groups is 1. The van der Waals surface area contributed by atoms with Gasteiger partial charge in [-0.05, 0) is 25.2 Å². The second-order valence-corrected chi connectivity index (χ2v) is 5.72. The summed E-state index contributed by atoms with van der Waals surface area (Å²) in [6.45, 7) is 1.45. The number of halogens is 1. The van der Waals surface area contributed by atoms with Crippen LogP contribution in [0.15, 0.2) is 18.5 Å². The highest BCUT2D eigenvalue weighted by atomic mass is 32.2. The van der Waals surface area contributed by atoms with E-state index < -0.39 is 5.82 Å². The molecule has 1 aromatic rings. The Morgan fingerprint density at radius 2 is 2.42 bits per heavy atom. The van der Waals surface area contributed by atoms with Crippen LogP contribution >= 0.6 is 11.8 Å². The molecule has 2 amide bonds. The molecule has 0 radical (unpaired) electrons. The number of nitrogens with zero attached hydrogens (tertiary/aromatic N) is 2. The maximum Gasteiger partial charge on any atom is 0.321 e. The topological polar surface area (TPSA) is 45.2 Å². The Kier molecular flexibility index (Phi) is 5.01. The molecule has 1 fully saturated rings. The van der Waals surface area contributed by atoms with Crippen molar-refractivity contribution in [3.8, 4) is 0 Å². The number of aromatic nitrogens is 1. The smallest absolute Gasteiger partial charge is 0.321 e. The first-order valence-corrected chi connectivity index (χ1v) is 7.67. The lowest BCUT2D eigenvalue weighted by Crippen LogP contribution is -2.38.